The van der Waals surface area contributed by atoms with Crippen LogP contribution < -0.4 is 4.90 Å². The summed E-state index contributed by atoms with van der Waals surface area (Å²) >= 11 is 0. The van der Waals surface area contributed by atoms with E-state index in [1.807, 2.05) is 16.8 Å². The van der Waals surface area contributed by atoms with Gasteiger partial charge in [-0.05, 0) is 44.7 Å². The molecule has 4 rings (SSSR count). The first-order chi connectivity index (χ1) is 11.6. The topological polar surface area (TPSA) is 45.9 Å². The van der Waals surface area contributed by atoms with Gasteiger partial charge in [0.05, 0.1) is 5.60 Å². The fourth-order valence-electron chi connectivity index (χ4n) is 4.01. The average Bonchev–Trinajstić information content (AvgIpc) is 3.02. The van der Waals surface area contributed by atoms with E-state index < -0.39 is 0 Å². The molecule has 6 nitrogen and oxygen atoms in total. The van der Waals surface area contributed by atoms with Crippen molar-refractivity contribution in [2.45, 2.75) is 32.3 Å². The van der Waals surface area contributed by atoms with Crippen LogP contribution in [0.15, 0.2) is 24.5 Å². The molecule has 0 radical (unpaired) electrons. The zero-order chi connectivity index (χ0) is 16.6. The van der Waals surface area contributed by atoms with Crippen LogP contribution in [0.3, 0.4) is 0 Å². The smallest absolute Gasteiger partial charge is 0.153 e. The van der Waals surface area contributed by atoms with Gasteiger partial charge in [0.15, 0.2) is 5.65 Å². The molecular weight excluding hydrogens is 302 g/mol. The summed E-state index contributed by atoms with van der Waals surface area (Å²) in [5, 5.41) is 4.66. The number of piperazine rings is 1. The summed E-state index contributed by atoms with van der Waals surface area (Å²) in [6, 6.07) is 4.12. The number of anilines is 1. The molecule has 130 valence electrons. The minimum Gasteiger partial charge on any atom is -0.376 e. The van der Waals surface area contributed by atoms with E-state index in [0.717, 1.165) is 50.2 Å². The van der Waals surface area contributed by atoms with Gasteiger partial charge in [-0.25, -0.2) is 9.50 Å². The third-order valence-corrected chi connectivity index (χ3v) is 5.25. The third-order valence-electron chi connectivity index (χ3n) is 5.25. The molecule has 0 N–H and O–H groups in total. The lowest BCUT2D eigenvalue weighted by atomic mass is 9.88. The first-order valence-corrected chi connectivity index (χ1v) is 9.01. The van der Waals surface area contributed by atoms with Crippen molar-refractivity contribution in [1.29, 1.82) is 0 Å². The van der Waals surface area contributed by atoms with Gasteiger partial charge < -0.3 is 9.64 Å². The summed E-state index contributed by atoms with van der Waals surface area (Å²) in [6.07, 6.45) is 6.07. The van der Waals surface area contributed by atoms with Gasteiger partial charge in [-0.3, -0.25) is 4.90 Å². The summed E-state index contributed by atoms with van der Waals surface area (Å²) in [6.45, 7) is 10.9. The Labute approximate surface area is 143 Å². The van der Waals surface area contributed by atoms with E-state index in [2.05, 4.69) is 39.8 Å². The highest BCUT2D eigenvalue weighted by Gasteiger charge is 2.30. The van der Waals surface area contributed by atoms with Crippen LogP contribution in [-0.4, -0.2) is 64.4 Å². The minimum absolute atomic E-state index is 0.0505. The second kappa shape index (κ2) is 6.33. The number of ether oxygens (including phenoxy) is 1. The van der Waals surface area contributed by atoms with Crippen molar-refractivity contribution < 1.29 is 4.74 Å². The molecular formula is C18H27N5O. The number of imidazole rings is 1. The van der Waals surface area contributed by atoms with Gasteiger partial charge in [0, 0.05) is 51.7 Å². The minimum atomic E-state index is 0.0505. The summed E-state index contributed by atoms with van der Waals surface area (Å²) < 4.78 is 7.70. The highest BCUT2D eigenvalue weighted by Crippen LogP contribution is 2.29. The lowest BCUT2D eigenvalue weighted by Gasteiger charge is -2.40. The molecule has 2 aliphatic rings. The molecule has 0 aliphatic carbocycles. The van der Waals surface area contributed by atoms with Crippen LogP contribution in [0, 0.1) is 5.92 Å². The Morgan fingerprint density at radius 3 is 2.83 bits per heavy atom. The fourth-order valence-corrected chi connectivity index (χ4v) is 4.01. The number of fused-ring (bicyclic) bond motifs is 1. The molecule has 2 aromatic heterocycles. The van der Waals surface area contributed by atoms with Gasteiger partial charge in [-0.2, -0.15) is 0 Å². The van der Waals surface area contributed by atoms with E-state index in [0.29, 0.717) is 0 Å². The highest BCUT2D eigenvalue weighted by atomic mass is 16.5. The van der Waals surface area contributed by atoms with Crippen molar-refractivity contribution in [2.75, 3.05) is 44.2 Å². The Kier molecular flexibility index (Phi) is 4.18. The van der Waals surface area contributed by atoms with Crippen LogP contribution >= 0.6 is 0 Å². The van der Waals surface area contributed by atoms with Crippen LogP contribution in [-0.2, 0) is 4.74 Å². The van der Waals surface area contributed by atoms with E-state index in [9.17, 15) is 0 Å². The summed E-state index contributed by atoms with van der Waals surface area (Å²) in [5.74, 6) is 1.81. The van der Waals surface area contributed by atoms with Crippen LogP contribution in [0.25, 0.3) is 5.65 Å². The first-order valence-electron chi connectivity index (χ1n) is 9.01. The second-order valence-electron chi connectivity index (χ2n) is 7.68. The average molecular weight is 329 g/mol. The van der Waals surface area contributed by atoms with E-state index >= 15 is 0 Å². The number of nitrogens with zero attached hydrogens (tertiary/aromatic N) is 5. The maximum Gasteiger partial charge on any atom is 0.153 e. The monoisotopic (exact) mass is 329 g/mol. The predicted molar refractivity (Wildman–Crippen MR) is 94.4 cm³/mol. The molecule has 4 heterocycles. The fraction of sp³-hybridized carbons (Fsp3) is 0.667. The quantitative estimate of drug-likeness (QED) is 0.862. The number of hydrogen-bond donors (Lipinski definition) is 0. The lowest BCUT2D eigenvalue weighted by Crippen LogP contribution is -2.49. The molecule has 0 bridgehead atoms. The SMILES string of the molecule is CC1(C)C[C@H](CN2CCN(c3ccc4nccn4n3)CC2)CCO1. The van der Waals surface area contributed by atoms with Crippen molar-refractivity contribution in [2.24, 2.45) is 5.92 Å². The lowest BCUT2D eigenvalue weighted by molar-refractivity contribution is -0.0769. The molecule has 2 saturated heterocycles. The van der Waals surface area contributed by atoms with Gasteiger partial charge >= 0.3 is 0 Å². The molecule has 0 saturated carbocycles. The molecule has 2 aliphatic heterocycles. The number of hydrogen-bond acceptors (Lipinski definition) is 5. The molecule has 0 aromatic carbocycles. The van der Waals surface area contributed by atoms with Crippen LogP contribution in [0.2, 0.25) is 0 Å². The van der Waals surface area contributed by atoms with E-state index in [4.69, 9.17) is 4.74 Å². The molecule has 2 aromatic rings. The van der Waals surface area contributed by atoms with Crippen LogP contribution in [0.4, 0.5) is 5.82 Å². The summed E-state index contributed by atoms with van der Waals surface area (Å²) in [4.78, 5) is 9.25. The summed E-state index contributed by atoms with van der Waals surface area (Å²) in [5.41, 5.74) is 0.953. The number of aromatic nitrogens is 3. The van der Waals surface area contributed by atoms with Crippen molar-refractivity contribution >= 4 is 11.5 Å². The van der Waals surface area contributed by atoms with Gasteiger partial charge in [0.1, 0.15) is 5.82 Å². The first kappa shape index (κ1) is 15.8. The molecule has 0 amide bonds. The largest absolute Gasteiger partial charge is 0.376 e. The van der Waals surface area contributed by atoms with E-state index in [1.54, 1.807) is 6.20 Å². The third kappa shape index (κ3) is 3.39. The zero-order valence-corrected chi connectivity index (χ0v) is 14.7. The van der Waals surface area contributed by atoms with Crippen LogP contribution in [0.5, 0.6) is 0 Å². The number of rotatable bonds is 3. The van der Waals surface area contributed by atoms with Crippen LogP contribution in [0.1, 0.15) is 26.7 Å². The molecule has 0 spiro atoms. The molecule has 2 fully saturated rings. The predicted octanol–water partition coefficient (Wildman–Crippen LogP) is 2.06. The normalized spacial score (nSPS) is 25.2. The molecule has 6 heteroatoms. The molecule has 0 unspecified atom stereocenters. The standard InChI is InChI=1S/C18H27N5O/c1-18(2)13-15(5-12-24-18)14-21-8-10-22(11-9-21)17-4-3-16-19-6-7-23(16)20-17/h3-4,6-7,15H,5,8-14H2,1-2H3/t15-/m1/s1. The Balaban J connectivity index is 1.33. The maximum atomic E-state index is 5.85. The van der Waals surface area contributed by atoms with Crippen molar-refractivity contribution in [3.05, 3.63) is 24.5 Å². The van der Waals surface area contributed by atoms with Gasteiger partial charge in [-0.15, -0.1) is 5.10 Å². The highest BCUT2D eigenvalue weighted by molar-refractivity contribution is 5.46. The van der Waals surface area contributed by atoms with E-state index in [-0.39, 0.29) is 5.60 Å². The van der Waals surface area contributed by atoms with Crippen molar-refractivity contribution in [3.8, 4) is 0 Å². The Hall–Kier alpha value is -1.66. The van der Waals surface area contributed by atoms with E-state index in [1.165, 1.54) is 19.4 Å². The zero-order valence-electron chi connectivity index (χ0n) is 14.7. The van der Waals surface area contributed by atoms with Crippen molar-refractivity contribution in [1.82, 2.24) is 19.5 Å². The maximum absolute atomic E-state index is 5.85. The van der Waals surface area contributed by atoms with Gasteiger partial charge in [0.25, 0.3) is 0 Å². The Bertz CT molecular complexity index is 690. The Morgan fingerprint density at radius 2 is 2.04 bits per heavy atom. The van der Waals surface area contributed by atoms with Crippen molar-refractivity contribution in [3.63, 3.8) is 0 Å². The van der Waals surface area contributed by atoms with Gasteiger partial charge in [-0.1, -0.05) is 0 Å². The second-order valence-corrected chi connectivity index (χ2v) is 7.68. The van der Waals surface area contributed by atoms with Gasteiger partial charge in [0.2, 0.25) is 0 Å². The molecule has 1 atom stereocenters. The summed E-state index contributed by atoms with van der Waals surface area (Å²) in [7, 11) is 0. The Morgan fingerprint density at radius 1 is 1.21 bits per heavy atom. The molecule has 24 heavy (non-hydrogen) atoms.